The zero-order valence-corrected chi connectivity index (χ0v) is 13.3. The highest BCUT2D eigenvalue weighted by atomic mass is 32.2. The standard InChI is InChI=1S/C17H17F2NO2S/c1-12-7-9-13(10-8-12)15(21)16(22)20-11-17(18,19)23-14-5-3-2-4-6-14/h2-10,15,21H,11H2,1H3,(H,20,22). The summed E-state index contributed by atoms with van der Waals surface area (Å²) in [7, 11) is 0. The van der Waals surface area contributed by atoms with Crippen LogP contribution in [0.3, 0.4) is 0 Å². The largest absolute Gasteiger partial charge is 0.378 e. The molecule has 0 aliphatic heterocycles. The molecule has 0 aliphatic carbocycles. The van der Waals surface area contributed by atoms with E-state index in [4.69, 9.17) is 0 Å². The number of aryl methyl sites for hydroxylation is 1. The van der Waals surface area contributed by atoms with E-state index in [0.717, 1.165) is 5.56 Å². The summed E-state index contributed by atoms with van der Waals surface area (Å²) < 4.78 is 27.7. The number of carbonyl (C=O) groups excluding carboxylic acids is 1. The fourth-order valence-corrected chi connectivity index (χ4v) is 2.67. The van der Waals surface area contributed by atoms with Crippen molar-refractivity contribution in [1.82, 2.24) is 5.32 Å². The van der Waals surface area contributed by atoms with Gasteiger partial charge in [0, 0.05) is 4.90 Å². The molecule has 0 saturated heterocycles. The lowest BCUT2D eigenvalue weighted by molar-refractivity contribution is -0.130. The number of aliphatic hydroxyl groups is 1. The monoisotopic (exact) mass is 337 g/mol. The highest BCUT2D eigenvalue weighted by Crippen LogP contribution is 2.35. The van der Waals surface area contributed by atoms with E-state index in [2.05, 4.69) is 5.32 Å². The summed E-state index contributed by atoms with van der Waals surface area (Å²) in [6.45, 7) is 1.02. The van der Waals surface area contributed by atoms with Crippen molar-refractivity contribution in [2.24, 2.45) is 0 Å². The number of amides is 1. The van der Waals surface area contributed by atoms with Crippen molar-refractivity contribution >= 4 is 17.7 Å². The molecule has 0 aromatic heterocycles. The number of halogens is 2. The van der Waals surface area contributed by atoms with Gasteiger partial charge in [-0.2, -0.15) is 8.78 Å². The molecule has 2 rings (SSSR count). The molecule has 1 amide bonds. The number of aliphatic hydroxyl groups excluding tert-OH is 1. The predicted octanol–water partition coefficient (Wildman–Crippen LogP) is 3.53. The van der Waals surface area contributed by atoms with Gasteiger partial charge in [0.2, 0.25) is 0 Å². The maximum absolute atomic E-state index is 13.9. The van der Waals surface area contributed by atoms with E-state index in [1.54, 1.807) is 54.6 Å². The van der Waals surface area contributed by atoms with Crippen molar-refractivity contribution in [1.29, 1.82) is 0 Å². The molecule has 1 atom stereocenters. The van der Waals surface area contributed by atoms with Crippen LogP contribution in [0.4, 0.5) is 8.78 Å². The Kier molecular flexibility index (Phi) is 5.74. The Morgan fingerprint density at radius 2 is 1.78 bits per heavy atom. The number of carbonyl (C=O) groups is 1. The number of hydrogen-bond acceptors (Lipinski definition) is 3. The fourth-order valence-electron chi connectivity index (χ4n) is 1.88. The lowest BCUT2D eigenvalue weighted by Crippen LogP contribution is -2.37. The third kappa shape index (κ3) is 5.33. The number of rotatable bonds is 6. The number of alkyl halides is 2. The zero-order chi connectivity index (χ0) is 16.9. The summed E-state index contributed by atoms with van der Waals surface area (Å²) in [6.07, 6.45) is -1.46. The van der Waals surface area contributed by atoms with Gasteiger partial charge in [-0.25, -0.2) is 0 Å². The highest BCUT2D eigenvalue weighted by molar-refractivity contribution is 8.00. The van der Waals surface area contributed by atoms with Gasteiger partial charge in [-0.05, 0) is 24.6 Å². The zero-order valence-electron chi connectivity index (χ0n) is 12.5. The fraction of sp³-hybridized carbons (Fsp3) is 0.235. The highest BCUT2D eigenvalue weighted by Gasteiger charge is 2.32. The first-order valence-electron chi connectivity index (χ1n) is 7.02. The van der Waals surface area contributed by atoms with Gasteiger partial charge in [-0.3, -0.25) is 4.79 Å². The molecule has 122 valence electrons. The smallest absolute Gasteiger partial charge is 0.315 e. The Morgan fingerprint density at radius 1 is 1.17 bits per heavy atom. The lowest BCUT2D eigenvalue weighted by atomic mass is 10.1. The molecule has 0 radical (unpaired) electrons. The third-order valence-corrected chi connectivity index (χ3v) is 4.07. The topological polar surface area (TPSA) is 49.3 Å². The van der Waals surface area contributed by atoms with Crippen LogP contribution in [0.1, 0.15) is 17.2 Å². The number of nitrogens with one attached hydrogen (secondary N) is 1. The summed E-state index contributed by atoms with van der Waals surface area (Å²) in [5.41, 5.74) is 1.35. The number of benzene rings is 2. The van der Waals surface area contributed by atoms with Crippen LogP contribution in [-0.2, 0) is 4.79 Å². The van der Waals surface area contributed by atoms with Crippen LogP contribution in [0, 0.1) is 6.92 Å². The van der Waals surface area contributed by atoms with Crippen LogP contribution in [0.5, 0.6) is 0 Å². The van der Waals surface area contributed by atoms with Gasteiger partial charge in [0.05, 0.1) is 6.54 Å². The van der Waals surface area contributed by atoms with Crippen molar-refractivity contribution in [2.45, 2.75) is 23.2 Å². The molecule has 0 bridgehead atoms. The van der Waals surface area contributed by atoms with Gasteiger partial charge in [0.1, 0.15) is 0 Å². The second-order valence-electron chi connectivity index (χ2n) is 5.08. The van der Waals surface area contributed by atoms with Crippen LogP contribution in [-0.4, -0.2) is 22.8 Å². The van der Waals surface area contributed by atoms with Crippen molar-refractivity contribution < 1.29 is 18.7 Å². The molecular formula is C17H17F2NO2S. The van der Waals surface area contributed by atoms with Crippen molar-refractivity contribution in [3.63, 3.8) is 0 Å². The minimum atomic E-state index is -3.16. The van der Waals surface area contributed by atoms with Crippen molar-refractivity contribution in [3.05, 3.63) is 65.7 Å². The first-order valence-corrected chi connectivity index (χ1v) is 7.83. The summed E-state index contributed by atoms with van der Waals surface area (Å²) >= 11 is 0.368. The van der Waals surface area contributed by atoms with Crippen LogP contribution in [0.25, 0.3) is 0 Å². The summed E-state index contributed by atoms with van der Waals surface area (Å²) in [5.74, 6) is -0.845. The number of hydrogen-bond donors (Lipinski definition) is 2. The normalized spacial score (nSPS) is 12.7. The van der Waals surface area contributed by atoms with Crippen molar-refractivity contribution in [2.75, 3.05) is 6.54 Å². The van der Waals surface area contributed by atoms with Crippen LogP contribution in [0.15, 0.2) is 59.5 Å². The van der Waals surface area contributed by atoms with E-state index in [1.165, 1.54) is 0 Å². The molecule has 1 unspecified atom stereocenters. The van der Waals surface area contributed by atoms with Gasteiger partial charge in [0.15, 0.2) is 6.10 Å². The van der Waals surface area contributed by atoms with Gasteiger partial charge in [0.25, 0.3) is 5.91 Å². The quantitative estimate of drug-likeness (QED) is 0.793. The average molecular weight is 337 g/mol. The first kappa shape index (κ1) is 17.4. The Balaban J connectivity index is 1.91. The summed E-state index contributed by atoms with van der Waals surface area (Å²) in [4.78, 5) is 12.2. The second-order valence-corrected chi connectivity index (χ2v) is 6.36. The molecule has 2 aromatic carbocycles. The molecule has 2 N–H and O–H groups in total. The maximum Gasteiger partial charge on any atom is 0.315 e. The Labute approximate surface area is 137 Å². The number of thioether (sulfide) groups is 1. The predicted molar refractivity (Wildman–Crippen MR) is 86.4 cm³/mol. The average Bonchev–Trinajstić information content (AvgIpc) is 2.53. The Morgan fingerprint density at radius 3 is 2.39 bits per heavy atom. The molecular weight excluding hydrogens is 320 g/mol. The van der Waals surface area contributed by atoms with Gasteiger partial charge in [-0.15, -0.1) is 0 Å². The van der Waals surface area contributed by atoms with E-state index < -0.39 is 23.8 Å². The summed E-state index contributed by atoms with van der Waals surface area (Å²) in [6, 6.07) is 14.9. The molecule has 2 aromatic rings. The van der Waals surface area contributed by atoms with Crippen molar-refractivity contribution in [3.8, 4) is 0 Å². The summed E-state index contributed by atoms with van der Waals surface area (Å²) in [5, 5.41) is 8.84. The second kappa shape index (κ2) is 7.57. The van der Waals surface area contributed by atoms with Gasteiger partial charge in [-0.1, -0.05) is 59.8 Å². The molecule has 6 heteroatoms. The minimum Gasteiger partial charge on any atom is -0.378 e. The minimum absolute atomic E-state index is 0.368. The lowest BCUT2D eigenvalue weighted by Gasteiger charge is -2.18. The van der Waals surface area contributed by atoms with E-state index in [-0.39, 0.29) is 0 Å². The van der Waals surface area contributed by atoms with E-state index in [1.807, 2.05) is 6.92 Å². The molecule has 0 fully saturated rings. The Bertz CT molecular complexity index is 647. The van der Waals surface area contributed by atoms with E-state index in [9.17, 15) is 18.7 Å². The van der Waals surface area contributed by atoms with Crippen LogP contribution in [0.2, 0.25) is 0 Å². The SMILES string of the molecule is Cc1ccc(C(O)C(=O)NCC(F)(F)Sc2ccccc2)cc1. The third-order valence-electron chi connectivity index (χ3n) is 3.12. The van der Waals surface area contributed by atoms with Crippen LogP contribution >= 0.6 is 11.8 Å². The van der Waals surface area contributed by atoms with E-state index >= 15 is 0 Å². The first-order chi connectivity index (χ1) is 10.9. The van der Waals surface area contributed by atoms with E-state index in [0.29, 0.717) is 22.2 Å². The molecule has 3 nitrogen and oxygen atoms in total. The molecule has 23 heavy (non-hydrogen) atoms. The maximum atomic E-state index is 13.9. The van der Waals surface area contributed by atoms with Crippen LogP contribution < -0.4 is 5.32 Å². The molecule has 0 aliphatic rings. The van der Waals surface area contributed by atoms with Gasteiger partial charge >= 0.3 is 5.25 Å². The van der Waals surface area contributed by atoms with Gasteiger partial charge < -0.3 is 10.4 Å². The Hall–Kier alpha value is -1.92. The molecule has 0 heterocycles. The molecule has 0 saturated carbocycles. The molecule has 0 spiro atoms.